The first-order chi connectivity index (χ1) is 12.8. The molecule has 0 aliphatic heterocycles. The first kappa shape index (κ1) is 18.0. The van der Waals surface area contributed by atoms with Crippen LogP contribution in [0.2, 0.25) is 0 Å². The topological polar surface area (TPSA) is 43.4 Å². The molecule has 3 heteroatoms. The van der Waals surface area contributed by atoms with Gasteiger partial charge in [0, 0.05) is 16.5 Å². The van der Waals surface area contributed by atoms with Gasteiger partial charge in [0.05, 0.1) is 5.56 Å². The summed E-state index contributed by atoms with van der Waals surface area (Å²) in [6.07, 6.45) is 3.22. The molecule has 2 saturated carbocycles. The third kappa shape index (κ3) is 2.80. The van der Waals surface area contributed by atoms with Crippen molar-refractivity contribution in [2.45, 2.75) is 46.1 Å². The number of rotatable bonds is 4. The molecule has 0 spiro atoms. The van der Waals surface area contributed by atoms with Crippen LogP contribution >= 0.6 is 0 Å². The average Bonchev–Trinajstić information content (AvgIpc) is 3.01. The average molecular weight is 362 g/mol. The molecule has 2 aromatic carbocycles. The Balaban J connectivity index is 1.53. The minimum atomic E-state index is -0.327. The normalized spacial score (nSPS) is 28.1. The van der Waals surface area contributed by atoms with Gasteiger partial charge in [0.15, 0.2) is 5.78 Å². The second kappa shape index (κ2) is 6.33. The molecular weight excluding hydrogens is 336 g/mol. The van der Waals surface area contributed by atoms with E-state index in [0.29, 0.717) is 22.6 Å². The van der Waals surface area contributed by atoms with Crippen molar-refractivity contribution in [2.75, 3.05) is 0 Å². The Morgan fingerprint density at radius 2 is 1.59 bits per heavy atom. The number of hydrogen-bond acceptors (Lipinski definition) is 3. The molecule has 2 aliphatic rings. The molecule has 3 nitrogen and oxygen atoms in total. The minimum absolute atomic E-state index is 0.0325. The zero-order chi connectivity index (χ0) is 19.2. The Hall–Kier alpha value is -2.42. The summed E-state index contributed by atoms with van der Waals surface area (Å²) in [5, 5.41) is 0. The van der Waals surface area contributed by atoms with Crippen molar-refractivity contribution in [1.29, 1.82) is 0 Å². The number of hydrogen-bond donors (Lipinski definition) is 0. The molecule has 0 unspecified atom stereocenters. The Kier molecular flexibility index (Phi) is 4.21. The minimum Gasteiger partial charge on any atom is -0.458 e. The summed E-state index contributed by atoms with van der Waals surface area (Å²) in [4.78, 5) is 25.5. The Morgan fingerprint density at radius 3 is 2.22 bits per heavy atom. The molecule has 0 radical (unpaired) electrons. The van der Waals surface area contributed by atoms with Gasteiger partial charge in [-0.2, -0.15) is 0 Å². The third-order valence-corrected chi connectivity index (χ3v) is 7.36. The number of fused-ring (bicyclic) bond motifs is 2. The van der Waals surface area contributed by atoms with E-state index in [4.69, 9.17) is 4.74 Å². The quantitative estimate of drug-likeness (QED) is 0.548. The zero-order valence-corrected chi connectivity index (χ0v) is 16.2. The van der Waals surface area contributed by atoms with Crippen LogP contribution in [-0.4, -0.2) is 17.9 Å². The van der Waals surface area contributed by atoms with Crippen LogP contribution < -0.4 is 0 Å². The number of esters is 1. The lowest BCUT2D eigenvalue weighted by Crippen LogP contribution is -2.38. The number of ketones is 1. The molecule has 0 saturated heterocycles. The molecule has 0 amide bonds. The molecule has 140 valence electrons. The number of carbonyl (C=O) groups excluding carboxylic acids is 2. The van der Waals surface area contributed by atoms with E-state index in [1.54, 1.807) is 36.4 Å². The summed E-state index contributed by atoms with van der Waals surface area (Å²) in [7, 11) is 0. The molecule has 27 heavy (non-hydrogen) atoms. The molecule has 3 atom stereocenters. The SMILES string of the molecule is CC1(C)[C@H]2CC[C@]1(C)[C@@H](OC(=O)c1cccc(C(=O)c3ccccc3)c1)C2. The van der Waals surface area contributed by atoms with Crippen LogP contribution in [0.15, 0.2) is 54.6 Å². The number of carbonyl (C=O) groups is 2. The van der Waals surface area contributed by atoms with E-state index in [2.05, 4.69) is 20.8 Å². The summed E-state index contributed by atoms with van der Waals surface area (Å²) < 4.78 is 5.96. The molecule has 0 heterocycles. The van der Waals surface area contributed by atoms with Crippen molar-refractivity contribution >= 4 is 11.8 Å². The van der Waals surface area contributed by atoms with Gasteiger partial charge in [0.2, 0.25) is 0 Å². The fourth-order valence-electron chi connectivity index (χ4n) is 5.05. The lowest BCUT2D eigenvalue weighted by molar-refractivity contribution is -0.0242. The second-order valence-corrected chi connectivity index (χ2v) is 8.78. The molecule has 4 rings (SSSR count). The van der Waals surface area contributed by atoms with E-state index in [1.807, 2.05) is 18.2 Å². The van der Waals surface area contributed by atoms with Crippen molar-refractivity contribution in [3.8, 4) is 0 Å². The van der Waals surface area contributed by atoms with E-state index in [0.717, 1.165) is 12.8 Å². The summed E-state index contributed by atoms with van der Waals surface area (Å²) in [5.41, 5.74) is 1.80. The van der Waals surface area contributed by atoms with E-state index >= 15 is 0 Å². The van der Waals surface area contributed by atoms with Crippen LogP contribution in [0.5, 0.6) is 0 Å². The van der Waals surface area contributed by atoms with E-state index < -0.39 is 0 Å². The highest BCUT2D eigenvalue weighted by atomic mass is 16.5. The number of benzene rings is 2. The van der Waals surface area contributed by atoms with Crippen LogP contribution in [0.25, 0.3) is 0 Å². The molecule has 2 aromatic rings. The highest BCUT2D eigenvalue weighted by molar-refractivity contribution is 6.09. The summed E-state index contributed by atoms with van der Waals surface area (Å²) >= 11 is 0. The standard InChI is InChI=1S/C24H26O3/c1-23(2)19-12-13-24(23,3)20(15-19)27-22(26)18-11-7-10-17(14-18)21(25)16-8-5-4-6-9-16/h4-11,14,19-20H,12-13,15H2,1-3H3/t19-,20-,24+/m0/s1. The van der Waals surface area contributed by atoms with E-state index in [-0.39, 0.29) is 28.7 Å². The molecule has 0 N–H and O–H groups in total. The summed E-state index contributed by atoms with van der Waals surface area (Å²) in [6, 6.07) is 16.0. The van der Waals surface area contributed by atoms with Crippen LogP contribution in [0.4, 0.5) is 0 Å². The van der Waals surface area contributed by atoms with Gasteiger partial charge >= 0.3 is 5.97 Å². The fraction of sp³-hybridized carbons (Fsp3) is 0.417. The van der Waals surface area contributed by atoms with Gasteiger partial charge in [-0.15, -0.1) is 0 Å². The maximum absolute atomic E-state index is 12.8. The van der Waals surface area contributed by atoms with Gasteiger partial charge in [-0.05, 0) is 42.7 Å². The second-order valence-electron chi connectivity index (χ2n) is 8.78. The zero-order valence-electron chi connectivity index (χ0n) is 16.2. The van der Waals surface area contributed by atoms with Crippen LogP contribution in [-0.2, 0) is 4.74 Å². The monoisotopic (exact) mass is 362 g/mol. The molecule has 0 aromatic heterocycles. The van der Waals surface area contributed by atoms with Gasteiger partial charge in [-0.25, -0.2) is 4.79 Å². The van der Waals surface area contributed by atoms with Crippen LogP contribution in [0, 0.1) is 16.7 Å². The van der Waals surface area contributed by atoms with Crippen molar-refractivity contribution < 1.29 is 14.3 Å². The number of ether oxygens (including phenoxy) is 1. The van der Waals surface area contributed by atoms with Gasteiger partial charge in [0.1, 0.15) is 6.10 Å². The Morgan fingerprint density at radius 1 is 0.926 bits per heavy atom. The maximum Gasteiger partial charge on any atom is 0.338 e. The molecule has 2 bridgehead atoms. The first-order valence-corrected chi connectivity index (χ1v) is 9.74. The lowest BCUT2D eigenvalue weighted by Gasteiger charge is -2.38. The van der Waals surface area contributed by atoms with Crippen molar-refractivity contribution in [2.24, 2.45) is 16.7 Å². The largest absolute Gasteiger partial charge is 0.458 e. The molecular formula is C24H26O3. The first-order valence-electron chi connectivity index (χ1n) is 9.74. The predicted octanol–water partition coefficient (Wildman–Crippen LogP) is 5.29. The van der Waals surface area contributed by atoms with Crippen molar-refractivity contribution in [1.82, 2.24) is 0 Å². The lowest BCUT2D eigenvalue weighted by atomic mass is 9.70. The van der Waals surface area contributed by atoms with Gasteiger partial charge < -0.3 is 4.74 Å². The van der Waals surface area contributed by atoms with Crippen molar-refractivity contribution in [3.05, 3.63) is 71.3 Å². The highest BCUT2D eigenvalue weighted by Gasteiger charge is 2.62. The predicted molar refractivity (Wildman–Crippen MR) is 105 cm³/mol. The molecule has 2 fully saturated rings. The van der Waals surface area contributed by atoms with E-state index in [1.165, 1.54) is 6.42 Å². The molecule has 2 aliphatic carbocycles. The van der Waals surface area contributed by atoms with Crippen molar-refractivity contribution in [3.63, 3.8) is 0 Å². The third-order valence-electron chi connectivity index (χ3n) is 7.36. The van der Waals surface area contributed by atoms with Crippen LogP contribution in [0.3, 0.4) is 0 Å². The fourth-order valence-corrected chi connectivity index (χ4v) is 5.05. The van der Waals surface area contributed by atoms with E-state index in [9.17, 15) is 9.59 Å². The van der Waals surface area contributed by atoms with Gasteiger partial charge in [-0.3, -0.25) is 4.79 Å². The Labute approximate surface area is 160 Å². The van der Waals surface area contributed by atoms with Crippen LogP contribution in [0.1, 0.15) is 66.3 Å². The maximum atomic E-state index is 12.8. The van der Waals surface area contributed by atoms with Gasteiger partial charge in [0.25, 0.3) is 0 Å². The summed E-state index contributed by atoms with van der Waals surface area (Å²) in [6.45, 7) is 6.86. The smallest absolute Gasteiger partial charge is 0.338 e. The van der Waals surface area contributed by atoms with Gasteiger partial charge in [-0.1, -0.05) is 63.2 Å². The summed E-state index contributed by atoms with van der Waals surface area (Å²) in [5.74, 6) is 0.205. The highest BCUT2D eigenvalue weighted by Crippen LogP contribution is 2.66. The Bertz CT molecular complexity index is 884.